The standard InChI is InChI=1S/C15H21ClN4O2/c1-10(21)17-7-4-8-18-15(22)14-9-13(19-20-14)11-5-2-3-6-12(11)16/h2-3,5-6,13-14,19-20H,4,7-9H2,1H3,(H,17,21)(H,18,22). The predicted molar refractivity (Wildman–Crippen MR) is 85.2 cm³/mol. The molecule has 1 fully saturated rings. The van der Waals surface area contributed by atoms with Gasteiger partial charge in [0.05, 0.1) is 0 Å². The van der Waals surface area contributed by atoms with E-state index >= 15 is 0 Å². The van der Waals surface area contributed by atoms with E-state index in [-0.39, 0.29) is 23.9 Å². The Kier molecular flexibility index (Phi) is 6.18. The molecule has 4 N–H and O–H groups in total. The Balaban J connectivity index is 1.74. The van der Waals surface area contributed by atoms with E-state index in [9.17, 15) is 9.59 Å². The maximum Gasteiger partial charge on any atom is 0.238 e. The van der Waals surface area contributed by atoms with Crippen LogP contribution in [0.5, 0.6) is 0 Å². The Morgan fingerprint density at radius 2 is 1.95 bits per heavy atom. The number of benzene rings is 1. The van der Waals surface area contributed by atoms with E-state index in [1.165, 1.54) is 6.92 Å². The minimum Gasteiger partial charge on any atom is -0.356 e. The van der Waals surface area contributed by atoms with Crippen LogP contribution in [0, 0.1) is 0 Å². The van der Waals surface area contributed by atoms with Gasteiger partial charge < -0.3 is 10.6 Å². The molecule has 1 saturated heterocycles. The number of carbonyl (C=O) groups is 2. The molecule has 1 aromatic carbocycles. The lowest BCUT2D eigenvalue weighted by Gasteiger charge is -2.11. The normalized spacial score (nSPS) is 20.6. The molecule has 0 saturated carbocycles. The summed E-state index contributed by atoms with van der Waals surface area (Å²) in [7, 11) is 0. The topological polar surface area (TPSA) is 82.3 Å². The molecule has 1 aromatic rings. The van der Waals surface area contributed by atoms with Crippen molar-refractivity contribution in [2.75, 3.05) is 13.1 Å². The van der Waals surface area contributed by atoms with Crippen LogP contribution in [-0.2, 0) is 9.59 Å². The molecule has 1 heterocycles. The number of hydrogen-bond donors (Lipinski definition) is 4. The fourth-order valence-electron chi connectivity index (χ4n) is 2.38. The van der Waals surface area contributed by atoms with Crippen LogP contribution in [0.25, 0.3) is 0 Å². The first-order valence-electron chi connectivity index (χ1n) is 7.35. The van der Waals surface area contributed by atoms with E-state index in [2.05, 4.69) is 21.5 Å². The van der Waals surface area contributed by atoms with Crippen molar-refractivity contribution < 1.29 is 9.59 Å². The summed E-state index contributed by atoms with van der Waals surface area (Å²) in [5.74, 6) is -0.111. The van der Waals surface area contributed by atoms with Gasteiger partial charge in [0.2, 0.25) is 11.8 Å². The van der Waals surface area contributed by atoms with Crippen LogP contribution in [0.15, 0.2) is 24.3 Å². The molecule has 22 heavy (non-hydrogen) atoms. The van der Waals surface area contributed by atoms with E-state index in [0.29, 0.717) is 31.0 Å². The number of amides is 2. The molecule has 0 aromatic heterocycles. The third-order valence-electron chi connectivity index (χ3n) is 3.53. The zero-order valence-electron chi connectivity index (χ0n) is 12.5. The van der Waals surface area contributed by atoms with Crippen molar-refractivity contribution in [3.05, 3.63) is 34.9 Å². The molecule has 0 bridgehead atoms. The molecule has 2 rings (SSSR count). The lowest BCUT2D eigenvalue weighted by molar-refractivity contribution is -0.122. The zero-order valence-corrected chi connectivity index (χ0v) is 13.2. The van der Waals surface area contributed by atoms with Gasteiger partial charge in [-0.3, -0.25) is 9.59 Å². The van der Waals surface area contributed by atoms with Gasteiger partial charge in [-0.2, -0.15) is 0 Å². The predicted octanol–water partition coefficient (Wildman–Crippen LogP) is 0.890. The monoisotopic (exact) mass is 324 g/mol. The van der Waals surface area contributed by atoms with Crippen LogP contribution >= 0.6 is 11.6 Å². The molecule has 7 heteroatoms. The Labute approximate surface area is 135 Å². The maximum atomic E-state index is 12.1. The molecule has 2 amide bonds. The summed E-state index contributed by atoms with van der Waals surface area (Å²) in [4.78, 5) is 22.8. The molecular formula is C15H21ClN4O2. The molecule has 2 unspecified atom stereocenters. The first kappa shape index (κ1) is 16.7. The molecule has 0 aliphatic carbocycles. The van der Waals surface area contributed by atoms with E-state index < -0.39 is 0 Å². The molecule has 0 spiro atoms. The van der Waals surface area contributed by atoms with Crippen LogP contribution < -0.4 is 21.5 Å². The number of nitrogens with one attached hydrogen (secondary N) is 4. The number of hydrazine groups is 1. The van der Waals surface area contributed by atoms with Crippen molar-refractivity contribution in [3.63, 3.8) is 0 Å². The maximum absolute atomic E-state index is 12.1. The van der Waals surface area contributed by atoms with Gasteiger partial charge in [0.15, 0.2) is 0 Å². The molecule has 0 radical (unpaired) electrons. The Bertz CT molecular complexity index is 538. The van der Waals surface area contributed by atoms with E-state index in [1.54, 1.807) is 0 Å². The third kappa shape index (κ3) is 4.69. The van der Waals surface area contributed by atoms with Gasteiger partial charge in [0.1, 0.15) is 6.04 Å². The Morgan fingerprint density at radius 3 is 2.68 bits per heavy atom. The molecular weight excluding hydrogens is 304 g/mol. The summed E-state index contributed by atoms with van der Waals surface area (Å²) >= 11 is 6.17. The first-order chi connectivity index (χ1) is 10.6. The van der Waals surface area contributed by atoms with Gasteiger partial charge in [0.25, 0.3) is 0 Å². The molecule has 6 nitrogen and oxygen atoms in total. The first-order valence-corrected chi connectivity index (χ1v) is 7.73. The van der Waals surface area contributed by atoms with E-state index in [1.807, 2.05) is 24.3 Å². The van der Waals surface area contributed by atoms with Gasteiger partial charge in [-0.05, 0) is 24.5 Å². The number of rotatable bonds is 6. The van der Waals surface area contributed by atoms with Crippen molar-refractivity contribution in [2.24, 2.45) is 0 Å². The average molecular weight is 325 g/mol. The Hall–Kier alpha value is -1.63. The molecule has 1 aliphatic heterocycles. The summed E-state index contributed by atoms with van der Waals surface area (Å²) in [5.41, 5.74) is 7.09. The lowest BCUT2D eigenvalue weighted by atomic mass is 10.0. The van der Waals surface area contributed by atoms with Crippen LogP contribution in [0.2, 0.25) is 5.02 Å². The summed E-state index contributed by atoms with van der Waals surface area (Å²) < 4.78 is 0. The van der Waals surface area contributed by atoms with Crippen molar-refractivity contribution in [1.82, 2.24) is 21.5 Å². The highest BCUT2D eigenvalue weighted by Gasteiger charge is 2.30. The molecule has 120 valence electrons. The van der Waals surface area contributed by atoms with Crippen LogP contribution in [-0.4, -0.2) is 30.9 Å². The molecule has 1 aliphatic rings. The van der Waals surface area contributed by atoms with Crippen LogP contribution in [0.3, 0.4) is 0 Å². The second-order valence-corrected chi connectivity index (χ2v) is 5.69. The molecule has 2 atom stereocenters. The van der Waals surface area contributed by atoms with Crippen molar-refractivity contribution >= 4 is 23.4 Å². The highest BCUT2D eigenvalue weighted by Crippen LogP contribution is 2.28. The third-order valence-corrected chi connectivity index (χ3v) is 3.87. The summed E-state index contributed by atoms with van der Waals surface area (Å²) in [6.45, 7) is 2.57. The quantitative estimate of drug-likeness (QED) is 0.586. The summed E-state index contributed by atoms with van der Waals surface area (Å²) in [5, 5.41) is 6.24. The number of carbonyl (C=O) groups excluding carboxylic acids is 2. The van der Waals surface area contributed by atoms with Crippen LogP contribution in [0.4, 0.5) is 0 Å². The highest BCUT2D eigenvalue weighted by atomic mass is 35.5. The average Bonchev–Trinajstić information content (AvgIpc) is 2.96. The van der Waals surface area contributed by atoms with Gasteiger partial charge >= 0.3 is 0 Å². The largest absolute Gasteiger partial charge is 0.356 e. The smallest absolute Gasteiger partial charge is 0.238 e. The fraction of sp³-hybridized carbons (Fsp3) is 0.467. The van der Waals surface area contributed by atoms with Crippen molar-refractivity contribution in [1.29, 1.82) is 0 Å². The van der Waals surface area contributed by atoms with Gasteiger partial charge in [-0.25, -0.2) is 10.9 Å². The zero-order chi connectivity index (χ0) is 15.9. The van der Waals surface area contributed by atoms with Crippen LogP contribution in [0.1, 0.15) is 31.4 Å². The van der Waals surface area contributed by atoms with E-state index in [4.69, 9.17) is 11.6 Å². The second kappa shape index (κ2) is 8.12. The summed E-state index contributed by atoms with van der Waals surface area (Å²) in [6.07, 6.45) is 1.35. The minimum atomic E-state index is -0.290. The van der Waals surface area contributed by atoms with Crippen molar-refractivity contribution in [2.45, 2.75) is 31.8 Å². The number of hydrogen-bond acceptors (Lipinski definition) is 4. The number of halogens is 1. The minimum absolute atomic E-state index is 0.0174. The van der Waals surface area contributed by atoms with Gasteiger partial charge in [-0.1, -0.05) is 29.8 Å². The second-order valence-electron chi connectivity index (χ2n) is 5.28. The summed E-state index contributed by atoms with van der Waals surface area (Å²) in [6, 6.07) is 7.33. The van der Waals surface area contributed by atoms with Gasteiger partial charge in [-0.15, -0.1) is 0 Å². The highest BCUT2D eigenvalue weighted by molar-refractivity contribution is 6.31. The van der Waals surface area contributed by atoms with E-state index in [0.717, 1.165) is 5.56 Å². The lowest BCUT2D eigenvalue weighted by Crippen LogP contribution is -2.43. The SMILES string of the molecule is CC(=O)NCCCNC(=O)C1CC(c2ccccc2Cl)NN1. The van der Waals surface area contributed by atoms with Gasteiger partial charge in [0, 0.05) is 31.1 Å². The fourth-order valence-corrected chi connectivity index (χ4v) is 2.64. The van der Waals surface area contributed by atoms with Crippen molar-refractivity contribution in [3.8, 4) is 0 Å². The Morgan fingerprint density at radius 1 is 1.23 bits per heavy atom.